The Kier molecular flexibility index (Phi) is 3.14. The zero-order valence-corrected chi connectivity index (χ0v) is 8.01. The van der Waals surface area contributed by atoms with Crippen LogP contribution in [0.25, 0.3) is 0 Å². The first-order valence-electron chi connectivity index (χ1n) is 3.17. The molecule has 1 aromatic rings. The van der Waals surface area contributed by atoms with Crippen LogP contribution in [0.5, 0.6) is 0 Å². The SMILES string of the molecule is O=[N+]([O-])c1cc(S(=O)O)c(Cl)cc1F. The van der Waals surface area contributed by atoms with Gasteiger partial charge in [0.25, 0.3) is 0 Å². The fraction of sp³-hybridized carbons (Fsp3) is 0. The first-order valence-corrected chi connectivity index (χ1v) is 4.66. The summed E-state index contributed by atoms with van der Waals surface area (Å²) >= 11 is 2.91. The van der Waals surface area contributed by atoms with Crippen LogP contribution in [0.2, 0.25) is 5.02 Å². The Labute approximate surface area is 84.9 Å². The van der Waals surface area contributed by atoms with Crippen LogP contribution in [0.1, 0.15) is 0 Å². The molecule has 0 saturated carbocycles. The molecule has 1 rings (SSSR count). The highest BCUT2D eigenvalue weighted by Gasteiger charge is 2.19. The molecule has 5 nitrogen and oxygen atoms in total. The Balaban J connectivity index is 3.42. The highest BCUT2D eigenvalue weighted by molar-refractivity contribution is 7.79. The van der Waals surface area contributed by atoms with Crippen molar-refractivity contribution in [3.8, 4) is 0 Å². The van der Waals surface area contributed by atoms with Crippen LogP contribution in [0.3, 0.4) is 0 Å². The van der Waals surface area contributed by atoms with E-state index in [0.29, 0.717) is 12.1 Å². The Morgan fingerprint density at radius 1 is 1.57 bits per heavy atom. The molecule has 0 aliphatic carbocycles. The Morgan fingerprint density at radius 2 is 2.14 bits per heavy atom. The average molecular weight is 240 g/mol. The average Bonchev–Trinajstić information content (AvgIpc) is 2.02. The Bertz CT molecular complexity index is 389. The third-order valence-electron chi connectivity index (χ3n) is 1.39. The minimum Gasteiger partial charge on any atom is -0.302 e. The second-order valence-electron chi connectivity index (χ2n) is 2.24. The van der Waals surface area contributed by atoms with E-state index in [1.807, 2.05) is 0 Å². The summed E-state index contributed by atoms with van der Waals surface area (Å²) in [5, 5.41) is 9.92. The standard InChI is InChI=1S/C6H3ClFNO4S/c7-3-1-4(8)5(9(10)11)2-6(3)14(12)13/h1-2H,(H,12,13). The Hall–Kier alpha value is -1.05. The summed E-state index contributed by atoms with van der Waals surface area (Å²) in [5.74, 6) is -1.14. The van der Waals surface area contributed by atoms with Gasteiger partial charge in [-0.2, -0.15) is 4.39 Å². The van der Waals surface area contributed by atoms with Crippen molar-refractivity contribution in [3.63, 3.8) is 0 Å². The maximum absolute atomic E-state index is 12.8. The van der Waals surface area contributed by atoms with Crippen molar-refractivity contribution in [1.82, 2.24) is 0 Å². The van der Waals surface area contributed by atoms with Crippen molar-refractivity contribution in [1.29, 1.82) is 0 Å². The zero-order valence-electron chi connectivity index (χ0n) is 6.44. The van der Waals surface area contributed by atoms with Crippen molar-refractivity contribution in [2.75, 3.05) is 0 Å². The van der Waals surface area contributed by atoms with Crippen LogP contribution in [0, 0.1) is 15.9 Å². The predicted molar refractivity (Wildman–Crippen MR) is 47.1 cm³/mol. The zero-order chi connectivity index (χ0) is 10.9. The van der Waals surface area contributed by atoms with Crippen LogP contribution >= 0.6 is 11.6 Å². The second-order valence-corrected chi connectivity index (χ2v) is 3.59. The summed E-state index contributed by atoms with van der Waals surface area (Å²) in [7, 11) is 0. The number of nitro groups is 1. The van der Waals surface area contributed by atoms with Gasteiger partial charge in [0.15, 0.2) is 11.1 Å². The van der Waals surface area contributed by atoms with Crippen molar-refractivity contribution >= 4 is 28.4 Å². The van der Waals surface area contributed by atoms with Gasteiger partial charge >= 0.3 is 5.69 Å². The van der Waals surface area contributed by atoms with Gasteiger partial charge in [0, 0.05) is 12.1 Å². The van der Waals surface area contributed by atoms with Gasteiger partial charge in [-0.3, -0.25) is 10.1 Å². The van der Waals surface area contributed by atoms with E-state index in [0.717, 1.165) is 0 Å². The highest BCUT2D eigenvalue weighted by atomic mass is 35.5. The molecule has 0 radical (unpaired) electrons. The molecule has 0 amide bonds. The third kappa shape index (κ3) is 2.06. The molecule has 0 spiro atoms. The summed E-state index contributed by atoms with van der Waals surface area (Å²) in [4.78, 5) is 8.86. The molecule has 0 bridgehead atoms. The number of rotatable bonds is 2. The monoisotopic (exact) mass is 239 g/mol. The van der Waals surface area contributed by atoms with Gasteiger partial charge in [0.1, 0.15) is 0 Å². The number of hydrogen-bond acceptors (Lipinski definition) is 3. The van der Waals surface area contributed by atoms with Crippen LogP contribution in [0.15, 0.2) is 17.0 Å². The van der Waals surface area contributed by atoms with Crippen molar-refractivity contribution in [2.45, 2.75) is 4.90 Å². The predicted octanol–water partition coefficient (Wildman–Crippen LogP) is 1.97. The van der Waals surface area contributed by atoms with Gasteiger partial charge in [-0.1, -0.05) is 11.6 Å². The molecule has 0 aromatic heterocycles. The van der Waals surface area contributed by atoms with E-state index in [9.17, 15) is 18.7 Å². The van der Waals surface area contributed by atoms with Crippen molar-refractivity contribution < 1.29 is 18.1 Å². The molecule has 0 heterocycles. The van der Waals surface area contributed by atoms with Crippen LogP contribution in [-0.2, 0) is 11.1 Å². The van der Waals surface area contributed by atoms with E-state index in [4.69, 9.17) is 16.2 Å². The van der Waals surface area contributed by atoms with E-state index in [1.165, 1.54) is 0 Å². The highest BCUT2D eigenvalue weighted by Crippen LogP contribution is 2.27. The summed E-state index contributed by atoms with van der Waals surface area (Å²) in [6.07, 6.45) is 0. The number of nitro benzene ring substituents is 1. The van der Waals surface area contributed by atoms with Crippen LogP contribution in [-0.4, -0.2) is 13.7 Å². The van der Waals surface area contributed by atoms with E-state index in [1.54, 1.807) is 0 Å². The van der Waals surface area contributed by atoms with E-state index in [2.05, 4.69) is 0 Å². The summed E-state index contributed by atoms with van der Waals surface area (Å²) < 4.78 is 32.1. The molecule has 1 unspecified atom stereocenters. The fourth-order valence-electron chi connectivity index (χ4n) is 0.792. The lowest BCUT2D eigenvalue weighted by Crippen LogP contribution is -1.97. The number of nitrogens with zero attached hydrogens (tertiary/aromatic N) is 1. The summed E-state index contributed by atoms with van der Waals surface area (Å²) in [6, 6.07) is 1.26. The summed E-state index contributed by atoms with van der Waals surface area (Å²) in [6.45, 7) is 0. The summed E-state index contributed by atoms with van der Waals surface area (Å²) in [5.41, 5.74) is -0.883. The van der Waals surface area contributed by atoms with Crippen LogP contribution < -0.4 is 0 Å². The molecular weight excluding hydrogens is 237 g/mol. The molecule has 8 heteroatoms. The van der Waals surface area contributed by atoms with E-state index in [-0.39, 0.29) is 9.92 Å². The third-order valence-corrected chi connectivity index (χ3v) is 2.52. The molecule has 14 heavy (non-hydrogen) atoms. The molecular formula is C6H3ClFNO4S. The first kappa shape index (κ1) is 11.0. The van der Waals surface area contributed by atoms with Gasteiger partial charge in [0.05, 0.1) is 14.8 Å². The number of hydrogen-bond donors (Lipinski definition) is 1. The van der Waals surface area contributed by atoms with Gasteiger partial charge in [-0.25, -0.2) is 4.21 Å². The number of benzene rings is 1. The first-order chi connectivity index (χ1) is 6.43. The maximum atomic E-state index is 12.8. The van der Waals surface area contributed by atoms with Gasteiger partial charge in [-0.15, -0.1) is 0 Å². The smallest absolute Gasteiger partial charge is 0.302 e. The van der Waals surface area contributed by atoms with Gasteiger partial charge in [0.2, 0.25) is 5.82 Å². The van der Waals surface area contributed by atoms with Crippen molar-refractivity contribution in [3.05, 3.63) is 33.1 Å². The number of halogens is 2. The maximum Gasteiger partial charge on any atom is 0.306 e. The van der Waals surface area contributed by atoms with Crippen LogP contribution in [0.4, 0.5) is 10.1 Å². The molecule has 0 fully saturated rings. The molecule has 0 saturated heterocycles. The molecule has 1 N–H and O–H groups in total. The van der Waals surface area contributed by atoms with Crippen molar-refractivity contribution in [2.24, 2.45) is 0 Å². The molecule has 76 valence electrons. The van der Waals surface area contributed by atoms with Gasteiger partial charge < -0.3 is 4.55 Å². The minimum absolute atomic E-state index is 0.325. The molecule has 1 aromatic carbocycles. The van der Waals surface area contributed by atoms with Gasteiger partial charge in [-0.05, 0) is 0 Å². The Morgan fingerprint density at radius 3 is 2.57 bits per heavy atom. The molecule has 0 aliphatic rings. The lowest BCUT2D eigenvalue weighted by atomic mass is 10.3. The fourth-order valence-corrected chi connectivity index (χ4v) is 1.58. The lowest BCUT2D eigenvalue weighted by Gasteiger charge is -1.99. The quantitative estimate of drug-likeness (QED) is 0.486. The largest absolute Gasteiger partial charge is 0.306 e. The second kappa shape index (κ2) is 3.99. The molecule has 1 atom stereocenters. The van der Waals surface area contributed by atoms with E-state index < -0.39 is 27.5 Å². The topological polar surface area (TPSA) is 80.4 Å². The minimum atomic E-state index is -2.48. The normalized spacial score (nSPS) is 12.5. The lowest BCUT2D eigenvalue weighted by molar-refractivity contribution is -0.387. The van der Waals surface area contributed by atoms with E-state index >= 15 is 0 Å². The molecule has 0 aliphatic heterocycles.